The molecular formula is C18H24N4O4S. The van der Waals surface area contributed by atoms with Gasteiger partial charge in [0.15, 0.2) is 0 Å². The van der Waals surface area contributed by atoms with Crippen molar-refractivity contribution in [2.45, 2.75) is 31.7 Å². The van der Waals surface area contributed by atoms with Crippen LogP contribution in [0.2, 0.25) is 0 Å². The van der Waals surface area contributed by atoms with E-state index in [2.05, 4.69) is 10.3 Å². The number of carbonyl (C=O) groups excluding carboxylic acids is 1. The second-order valence-corrected chi connectivity index (χ2v) is 7.82. The Morgan fingerprint density at radius 3 is 2.59 bits per heavy atom. The van der Waals surface area contributed by atoms with E-state index in [9.17, 15) is 18.0 Å². The van der Waals surface area contributed by atoms with Gasteiger partial charge in [-0.15, -0.1) is 0 Å². The molecule has 0 aliphatic carbocycles. The fraction of sp³-hybridized carbons (Fsp3) is 0.389. The van der Waals surface area contributed by atoms with Gasteiger partial charge < -0.3 is 9.88 Å². The standard InChI is InChI=1S/C18H24N4O4S/c1-3-22(4-2)27(25,26)16-7-8-18(24)21(13-16)14-17(23)20-11-9-15-6-5-10-19-12-15/h5-8,10,12-13H,3-4,9,11,14H2,1-2H3,(H,20,23). The first kappa shape index (κ1) is 20.8. The van der Waals surface area contributed by atoms with Gasteiger partial charge in [-0.05, 0) is 24.1 Å². The summed E-state index contributed by atoms with van der Waals surface area (Å²) in [5.41, 5.74) is 0.554. The molecule has 0 aromatic carbocycles. The molecule has 0 spiro atoms. The van der Waals surface area contributed by atoms with E-state index in [-0.39, 0.29) is 17.3 Å². The molecule has 1 amide bonds. The lowest BCUT2D eigenvalue weighted by molar-refractivity contribution is -0.121. The van der Waals surface area contributed by atoms with Crippen molar-refractivity contribution in [2.75, 3.05) is 19.6 Å². The average Bonchev–Trinajstić information content (AvgIpc) is 2.65. The molecule has 2 aromatic heterocycles. The first-order valence-electron chi connectivity index (χ1n) is 8.74. The van der Waals surface area contributed by atoms with Crippen molar-refractivity contribution in [1.29, 1.82) is 0 Å². The van der Waals surface area contributed by atoms with Crippen molar-refractivity contribution in [3.05, 3.63) is 58.8 Å². The minimum Gasteiger partial charge on any atom is -0.354 e. The normalized spacial score (nSPS) is 11.5. The SMILES string of the molecule is CCN(CC)S(=O)(=O)c1ccc(=O)n(CC(=O)NCCc2cccnc2)c1. The van der Waals surface area contributed by atoms with Gasteiger partial charge >= 0.3 is 0 Å². The summed E-state index contributed by atoms with van der Waals surface area (Å²) in [6.07, 6.45) is 5.23. The van der Waals surface area contributed by atoms with Crippen molar-refractivity contribution < 1.29 is 13.2 Å². The average molecular weight is 392 g/mol. The van der Waals surface area contributed by atoms with Crippen LogP contribution in [-0.2, 0) is 27.8 Å². The van der Waals surface area contributed by atoms with Gasteiger partial charge in [0.05, 0.1) is 4.90 Å². The summed E-state index contributed by atoms with van der Waals surface area (Å²) in [7, 11) is -3.69. The molecule has 0 fully saturated rings. The third-order valence-electron chi connectivity index (χ3n) is 4.07. The van der Waals surface area contributed by atoms with Gasteiger partial charge in [-0.1, -0.05) is 19.9 Å². The lowest BCUT2D eigenvalue weighted by Gasteiger charge is -2.19. The van der Waals surface area contributed by atoms with E-state index in [0.717, 1.165) is 10.1 Å². The summed E-state index contributed by atoms with van der Waals surface area (Å²) >= 11 is 0. The second-order valence-electron chi connectivity index (χ2n) is 5.88. The number of carbonyl (C=O) groups is 1. The van der Waals surface area contributed by atoms with E-state index in [1.165, 1.54) is 22.6 Å². The fourth-order valence-electron chi connectivity index (χ4n) is 2.60. The monoisotopic (exact) mass is 392 g/mol. The van der Waals surface area contributed by atoms with Gasteiger partial charge in [-0.2, -0.15) is 4.31 Å². The number of amides is 1. The maximum absolute atomic E-state index is 12.6. The number of sulfonamides is 1. The molecule has 0 radical (unpaired) electrons. The quantitative estimate of drug-likeness (QED) is 0.675. The fourth-order valence-corrected chi connectivity index (χ4v) is 4.08. The molecule has 0 aliphatic rings. The first-order valence-corrected chi connectivity index (χ1v) is 10.2. The van der Waals surface area contributed by atoms with Crippen LogP contribution >= 0.6 is 0 Å². The summed E-state index contributed by atoms with van der Waals surface area (Å²) in [5.74, 6) is -0.363. The summed E-state index contributed by atoms with van der Waals surface area (Å²) in [4.78, 5) is 28.1. The van der Waals surface area contributed by atoms with Crippen molar-refractivity contribution >= 4 is 15.9 Å². The molecular weight excluding hydrogens is 368 g/mol. The highest BCUT2D eigenvalue weighted by atomic mass is 32.2. The summed E-state index contributed by atoms with van der Waals surface area (Å²) in [6.45, 7) is 4.29. The molecule has 0 aliphatic heterocycles. The van der Waals surface area contributed by atoms with Gasteiger partial charge in [0.25, 0.3) is 5.56 Å². The smallest absolute Gasteiger partial charge is 0.251 e. The molecule has 0 unspecified atom stereocenters. The van der Waals surface area contributed by atoms with E-state index in [1.807, 2.05) is 12.1 Å². The lowest BCUT2D eigenvalue weighted by Crippen LogP contribution is -2.35. The molecule has 1 N–H and O–H groups in total. The van der Waals surface area contributed by atoms with E-state index in [4.69, 9.17) is 0 Å². The molecule has 27 heavy (non-hydrogen) atoms. The Balaban J connectivity index is 2.05. The van der Waals surface area contributed by atoms with Crippen LogP contribution in [0.5, 0.6) is 0 Å². The van der Waals surface area contributed by atoms with Crippen molar-refractivity contribution in [1.82, 2.24) is 19.2 Å². The molecule has 0 atom stereocenters. The van der Waals surface area contributed by atoms with Crippen LogP contribution in [0.1, 0.15) is 19.4 Å². The molecule has 146 valence electrons. The van der Waals surface area contributed by atoms with Crippen molar-refractivity contribution in [3.8, 4) is 0 Å². The Morgan fingerprint density at radius 2 is 1.96 bits per heavy atom. The minimum atomic E-state index is -3.69. The number of rotatable bonds is 9. The zero-order valence-electron chi connectivity index (χ0n) is 15.5. The molecule has 0 saturated carbocycles. The Kier molecular flexibility index (Phi) is 7.26. The minimum absolute atomic E-state index is 0.00559. The number of hydrogen-bond donors (Lipinski definition) is 1. The van der Waals surface area contributed by atoms with Gasteiger partial charge in [0.2, 0.25) is 15.9 Å². The zero-order valence-corrected chi connectivity index (χ0v) is 16.3. The second kappa shape index (κ2) is 9.43. The third-order valence-corrected chi connectivity index (χ3v) is 6.11. The molecule has 0 bridgehead atoms. The number of aromatic nitrogens is 2. The summed E-state index contributed by atoms with van der Waals surface area (Å²) in [5, 5.41) is 2.72. The summed E-state index contributed by atoms with van der Waals surface area (Å²) < 4.78 is 27.6. The molecule has 2 aromatic rings. The zero-order chi connectivity index (χ0) is 19.9. The largest absolute Gasteiger partial charge is 0.354 e. The lowest BCUT2D eigenvalue weighted by atomic mass is 10.2. The molecule has 2 rings (SSSR count). The highest BCUT2D eigenvalue weighted by Crippen LogP contribution is 2.13. The first-order chi connectivity index (χ1) is 12.9. The Morgan fingerprint density at radius 1 is 1.22 bits per heavy atom. The highest BCUT2D eigenvalue weighted by Gasteiger charge is 2.22. The number of hydrogen-bond acceptors (Lipinski definition) is 5. The maximum atomic E-state index is 12.6. The Bertz CT molecular complexity index is 922. The molecule has 0 saturated heterocycles. The van der Waals surface area contributed by atoms with E-state index >= 15 is 0 Å². The highest BCUT2D eigenvalue weighted by molar-refractivity contribution is 7.89. The van der Waals surface area contributed by atoms with E-state index in [0.29, 0.717) is 26.1 Å². The molecule has 9 heteroatoms. The van der Waals surface area contributed by atoms with Crippen LogP contribution < -0.4 is 10.9 Å². The van der Waals surface area contributed by atoms with Gasteiger partial charge in [0, 0.05) is 44.3 Å². The van der Waals surface area contributed by atoms with E-state index < -0.39 is 15.6 Å². The Labute approximate surface area is 158 Å². The van der Waals surface area contributed by atoms with Crippen LogP contribution in [0, 0.1) is 0 Å². The maximum Gasteiger partial charge on any atom is 0.251 e. The molecule has 8 nitrogen and oxygen atoms in total. The predicted molar refractivity (Wildman–Crippen MR) is 102 cm³/mol. The number of pyridine rings is 2. The van der Waals surface area contributed by atoms with Crippen LogP contribution in [0.4, 0.5) is 0 Å². The Hall–Kier alpha value is -2.52. The van der Waals surface area contributed by atoms with Crippen molar-refractivity contribution in [2.24, 2.45) is 0 Å². The van der Waals surface area contributed by atoms with Crippen molar-refractivity contribution in [3.63, 3.8) is 0 Å². The van der Waals surface area contributed by atoms with Gasteiger partial charge in [-0.3, -0.25) is 14.6 Å². The molecule has 2 heterocycles. The van der Waals surface area contributed by atoms with Crippen LogP contribution in [0.15, 0.2) is 52.5 Å². The van der Waals surface area contributed by atoms with Crippen LogP contribution in [0.3, 0.4) is 0 Å². The van der Waals surface area contributed by atoms with Gasteiger partial charge in [0.1, 0.15) is 6.54 Å². The summed E-state index contributed by atoms with van der Waals surface area (Å²) in [6, 6.07) is 6.16. The van der Waals surface area contributed by atoms with Gasteiger partial charge in [-0.25, -0.2) is 8.42 Å². The number of nitrogens with zero attached hydrogens (tertiary/aromatic N) is 3. The topological polar surface area (TPSA) is 101 Å². The van der Waals surface area contributed by atoms with E-state index in [1.54, 1.807) is 26.2 Å². The van der Waals surface area contributed by atoms with Crippen LogP contribution in [-0.4, -0.2) is 47.8 Å². The number of nitrogens with one attached hydrogen (secondary N) is 1. The predicted octanol–water partition coefficient (Wildman–Crippen LogP) is 0.633. The van der Waals surface area contributed by atoms with Crippen LogP contribution in [0.25, 0.3) is 0 Å². The third kappa shape index (κ3) is 5.48.